The summed E-state index contributed by atoms with van der Waals surface area (Å²) in [7, 11) is 0. The second-order valence-corrected chi connectivity index (χ2v) is 1.94. The molecule has 3 N–H and O–H groups in total. The highest BCUT2D eigenvalue weighted by atomic mass is 16.4. The maximum absolute atomic E-state index is 8.28. The molecule has 0 atom stereocenters. The number of oxime groups is 1. The van der Waals surface area contributed by atoms with Crippen LogP contribution in [0.2, 0.25) is 0 Å². The van der Waals surface area contributed by atoms with Crippen LogP contribution < -0.4 is 5.73 Å². The summed E-state index contributed by atoms with van der Waals surface area (Å²) in [5.74, 6) is 0. The molecule has 0 radical (unpaired) electrons. The number of rotatable bonds is 3. The van der Waals surface area contributed by atoms with Crippen molar-refractivity contribution in [2.45, 2.75) is 13.8 Å². The first-order valence-corrected chi connectivity index (χ1v) is 3.12. The van der Waals surface area contributed by atoms with Gasteiger partial charge >= 0.3 is 0 Å². The molecule has 0 aliphatic heterocycles. The molecule has 0 bridgehead atoms. The van der Waals surface area contributed by atoms with Gasteiger partial charge in [-0.3, -0.25) is 4.99 Å². The minimum Gasteiger partial charge on any atom is -0.411 e. The van der Waals surface area contributed by atoms with Crippen molar-refractivity contribution in [3.63, 3.8) is 0 Å². The van der Waals surface area contributed by atoms with Crippen LogP contribution in [-0.4, -0.2) is 29.7 Å². The smallest absolute Gasteiger partial charge is 0.0971 e. The van der Waals surface area contributed by atoms with E-state index in [4.69, 9.17) is 10.9 Å². The molecule has 0 amide bonds. The fourth-order valence-electron chi connectivity index (χ4n) is 0.419. The van der Waals surface area contributed by atoms with E-state index in [0.717, 1.165) is 5.71 Å². The molecule has 10 heavy (non-hydrogen) atoms. The van der Waals surface area contributed by atoms with Crippen molar-refractivity contribution in [1.29, 1.82) is 0 Å². The second kappa shape index (κ2) is 4.93. The predicted octanol–water partition coefficient (Wildman–Crippen LogP) is 0.256. The normalized spacial score (nSPS) is 13.9. The van der Waals surface area contributed by atoms with Crippen molar-refractivity contribution in [2.24, 2.45) is 15.9 Å². The first kappa shape index (κ1) is 9.10. The zero-order valence-corrected chi connectivity index (χ0v) is 6.33. The summed E-state index contributed by atoms with van der Waals surface area (Å²) in [6, 6.07) is 0. The maximum Gasteiger partial charge on any atom is 0.0971 e. The molecule has 4 nitrogen and oxygen atoms in total. The monoisotopic (exact) mass is 143 g/mol. The summed E-state index contributed by atoms with van der Waals surface area (Å²) in [6.45, 7) is 4.58. The number of nitrogens with zero attached hydrogens (tertiary/aromatic N) is 2. The Balaban J connectivity index is 3.93. The number of hydrogen-bond donors (Lipinski definition) is 2. The number of hydrogen-bond acceptors (Lipinski definition) is 4. The van der Waals surface area contributed by atoms with Crippen LogP contribution in [0.25, 0.3) is 0 Å². The van der Waals surface area contributed by atoms with E-state index < -0.39 is 0 Å². The first-order chi connectivity index (χ1) is 4.72. The van der Waals surface area contributed by atoms with E-state index in [9.17, 15) is 0 Å². The maximum atomic E-state index is 8.28. The Morgan fingerprint density at radius 1 is 1.40 bits per heavy atom. The first-order valence-electron chi connectivity index (χ1n) is 3.12. The van der Waals surface area contributed by atoms with Crippen molar-refractivity contribution in [3.05, 3.63) is 0 Å². The number of aliphatic imine (C=N–C) groups is 1. The molecule has 4 heteroatoms. The van der Waals surface area contributed by atoms with Crippen LogP contribution in [0.5, 0.6) is 0 Å². The quantitative estimate of drug-likeness (QED) is 0.338. The van der Waals surface area contributed by atoms with Crippen LogP contribution in [0.1, 0.15) is 13.8 Å². The van der Waals surface area contributed by atoms with Gasteiger partial charge in [-0.25, -0.2) is 0 Å². The lowest BCUT2D eigenvalue weighted by Crippen LogP contribution is -2.10. The topological polar surface area (TPSA) is 71.0 Å². The molecule has 0 unspecified atom stereocenters. The molecular weight excluding hydrogens is 130 g/mol. The largest absolute Gasteiger partial charge is 0.411 e. The highest BCUT2D eigenvalue weighted by molar-refractivity contribution is 6.40. The molecule has 0 aromatic heterocycles. The fraction of sp³-hybridized carbons (Fsp3) is 0.667. The standard InChI is InChI=1S/C6H13N3O/c1-5(6(2)9-10)8-4-3-7/h10H,3-4,7H2,1-2H3. The SMILES string of the molecule is CC(=NO)C(C)=NCCN. The molecule has 0 aromatic rings. The second-order valence-electron chi connectivity index (χ2n) is 1.94. The third-order valence-electron chi connectivity index (χ3n) is 1.15. The minimum atomic E-state index is 0.524. The average Bonchev–Trinajstić information content (AvgIpc) is 1.98. The summed E-state index contributed by atoms with van der Waals surface area (Å²) in [6.07, 6.45) is 0. The van der Waals surface area contributed by atoms with E-state index in [1.807, 2.05) is 0 Å². The zero-order chi connectivity index (χ0) is 7.98. The summed E-state index contributed by atoms with van der Waals surface area (Å²) < 4.78 is 0. The fourth-order valence-corrected chi connectivity index (χ4v) is 0.419. The van der Waals surface area contributed by atoms with Gasteiger partial charge in [-0.1, -0.05) is 5.16 Å². The lowest BCUT2D eigenvalue weighted by Gasteiger charge is -1.94. The van der Waals surface area contributed by atoms with Gasteiger partial charge in [-0.15, -0.1) is 0 Å². The molecule has 0 saturated heterocycles. The van der Waals surface area contributed by atoms with Crippen molar-refractivity contribution in [3.8, 4) is 0 Å². The Kier molecular flexibility index (Phi) is 4.49. The van der Waals surface area contributed by atoms with Crippen LogP contribution >= 0.6 is 0 Å². The van der Waals surface area contributed by atoms with E-state index in [0.29, 0.717) is 18.8 Å². The van der Waals surface area contributed by atoms with E-state index in [2.05, 4.69) is 10.1 Å². The van der Waals surface area contributed by atoms with E-state index in [-0.39, 0.29) is 0 Å². The summed E-state index contributed by atoms with van der Waals surface area (Å²) >= 11 is 0. The zero-order valence-electron chi connectivity index (χ0n) is 6.33. The highest BCUT2D eigenvalue weighted by Gasteiger charge is 1.93. The van der Waals surface area contributed by atoms with Crippen molar-refractivity contribution in [1.82, 2.24) is 0 Å². The van der Waals surface area contributed by atoms with Gasteiger partial charge in [0.1, 0.15) is 0 Å². The van der Waals surface area contributed by atoms with E-state index >= 15 is 0 Å². The lowest BCUT2D eigenvalue weighted by atomic mass is 10.3. The summed E-state index contributed by atoms with van der Waals surface area (Å²) in [5.41, 5.74) is 6.47. The van der Waals surface area contributed by atoms with Gasteiger partial charge in [-0.05, 0) is 13.8 Å². The van der Waals surface area contributed by atoms with E-state index in [1.54, 1.807) is 13.8 Å². The Hall–Kier alpha value is -0.900. The molecule has 0 spiro atoms. The molecule has 58 valence electrons. The number of nitrogens with two attached hydrogens (primary N) is 1. The molecule has 0 rings (SSSR count). The van der Waals surface area contributed by atoms with Gasteiger partial charge in [0.15, 0.2) is 0 Å². The predicted molar refractivity (Wildman–Crippen MR) is 41.9 cm³/mol. The highest BCUT2D eigenvalue weighted by Crippen LogP contribution is 1.82. The van der Waals surface area contributed by atoms with Gasteiger partial charge in [0.25, 0.3) is 0 Å². The molecule has 0 aliphatic carbocycles. The van der Waals surface area contributed by atoms with Gasteiger partial charge in [0.05, 0.1) is 18.0 Å². The van der Waals surface area contributed by atoms with Gasteiger partial charge in [0, 0.05) is 6.54 Å². The molecular formula is C6H13N3O. The Bertz CT molecular complexity index is 151. The van der Waals surface area contributed by atoms with Crippen LogP contribution in [-0.2, 0) is 0 Å². The van der Waals surface area contributed by atoms with Gasteiger partial charge in [-0.2, -0.15) is 0 Å². The van der Waals surface area contributed by atoms with Gasteiger partial charge < -0.3 is 10.9 Å². The molecule has 0 aromatic carbocycles. The Labute approximate surface area is 60.4 Å². The van der Waals surface area contributed by atoms with Crippen molar-refractivity contribution >= 4 is 11.4 Å². The van der Waals surface area contributed by atoms with Crippen molar-refractivity contribution in [2.75, 3.05) is 13.1 Å². The van der Waals surface area contributed by atoms with E-state index in [1.165, 1.54) is 0 Å². The van der Waals surface area contributed by atoms with Crippen LogP contribution in [0.4, 0.5) is 0 Å². The van der Waals surface area contributed by atoms with Crippen LogP contribution in [0, 0.1) is 0 Å². The lowest BCUT2D eigenvalue weighted by molar-refractivity contribution is 0.320. The summed E-state index contributed by atoms with van der Waals surface area (Å²) in [5, 5.41) is 11.3. The average molecular weight is 143 g/mol. The van der Waals surface area contributed by atoms with Crippen LogP contribution in [0.15, 0.2) is 10.1 Å². The third-order valence-corrected chi connectivity index (χ3v) is 1.15. The Morgan fingerprint density at radius 2 is 2.00 bits per heavy atom. The minimum absolute atomic E-state index is 0.524. The summed E-state index contributed by atoms with van der Waals surface area (Å²) in [4.78, 5) is 4.01. The molecule has 0 heterocycles. The molecule has 0 fully saturated rings. The molecule has 0 aliphatic rings. The van der Waals surface area contributed by atoms with Crippen LogP contribution in [0.3, 0.4) is 0 Å². The van der Waals surface area contributed by atoms with Crippen molar-refractivity contribution < 1.29 is 5.21 Å². The molecule has 0 saturated carbocycles. The van der Waals surface area contributed by atoms with Gasteiger partial charge in [0.2, 0.25) is 0 Å². The third kappa shape index (κ3) is 3.19. The Morgan fingerprint density at radius 3 is 2.40 bits per heavy atom.